The van der Waals surface area contributed by atoms with Gasteiger partial charge in [-0.15, -0.1) is 0 Å². The summed E-state index contributed by atoms with van der Waals surface area (Å²) in [7, 11) is 0. The zero-order valence-electron chi connectivity index (χ0n) is 9.78. The van der Waals surface area contributed by atoms with Crippen LogP contribution in [0.2, 0.25) is 0 Å². The van der Waals surface area contributed by atoms with Gasteiger partial charge in [-0.3, -0.25) is 9.59 Å². The second kappa shape index (κ2) is 5.57. The number of nitrogens with one attached hydrogen (secondary N) is 1. The summed E-state index contributed by atoms with van der Waals surface area (Å²) in [4.78, 5) is 22.6. The molecule has 0 heterocycles. The Kier molecular flexibility index (Phi) is 4.65. The molecule has 92 valence electrons. The van der Waals surface area contributed by atoms with Crippen LogP contribution in [-0.2, 0) is 9.59 Å². The topological polar surface area (TPSA) is 66.4 Å². The van der Waals surface area contributed by atoms with E-state index in [4.69, 9.17) is 5.11 Å². The largest absolute Gasteiger partial charge is 0.481 e. The molecule has 1 saturated carbocycles. The van der Waals surface area contributed by atoms with Crippen LogP contribution in [0.3, 0.4) is 0 Å². The molecule has 1 rings (SSSR count). The van der Waals surface area contributed by atoms with Gasteiger partial charge in [0.15, 0.2) is 0 Å². The normalized spacial score (nSPS) is 19.6. The molecule has 1 aliphatic rings. The number of carboxylic acids is 1. The number of carboxylic acid groups (broad SMARTS) is 1. The van der Waals surface area contributed by atoms with Gasteiger partial charge in [-0.05, 0) is 19.1 Å². The quantitative estimate of drug-likeness (QED) is 0.744. The number of amides is 1. The van der Waals surface area contributed by atoms with Crippen LogP contribution in [0, 0.1) is 5.41 Å². The Morgan fingerprint density at radius 2 is 2.12 bits per heavy atom. The number of hydrogen-bond donors (Lipinski definition) is 2. The van der Waals surface area contributed by atoms with E-state index in [0.717, 1.165) is 6.42 Å². The molecule has 0 radical (unpaired) electrons. The Balaban J connectivity index is 2.36. The lowest BCUT2D eigenvalue weighted by atomic mass is 9.66. The van der Waals surface area contributed by atoms with Gasteiger partial charge < -0.3 is 10.4 Å². The SMILES string of the molecule is CSC(C)CNC(=O)CC1(C(=O)O)CCC1. The fourth-order valence-electron chi connectivity index (χ4n) is 1.78. The number of hydrogen-bond acceptors (Lipinski definition) is 3. The van der Waals surface area contributed by atoms with Gasteiger partial charge >= 0.3 is 5.97 Å². The fourth-order valence-corrected chi connectivity index (χ4v) is 2.03. The highest BCUT2D eigenvalue weighted by Gasteiger charge is 2.45. The Morgan fingerprint density at radius 1 is 1.50 bits per heavy atom. The second-order valence-electron chi connectivity index (χ2n) is 4.47. The third-order valence-electron chi connectivity index (χ3n) is 3.25. The van der Waals surface area contributed by atoms with Crippen LogP contribution in [0.25, 0.3) is 0 Å². The minimum Gasteiger partial charge on any atom is -0.481 e. The molecule has 0 aromatic carbocycles. The Hall–Kier alpha value is -0.710. The Morgan fingerprint density at radius 3 is 2.50 bits per heavy atom. The van der Waals surface area contributed by atoms with Gasteiger partial charge in [-0.25, -0.2) is 0 Å². The number of rotatable bonds is 6. The van der Waals surface area contributed by atoms with Crippen LogP contribution < -0.4 is 5.32 Å². The average molecular weight is 245 g/mol. The molecule has 5 heteroatoms. The molecule has 0 bridgehead atoms. The van der Waals surface area contributed by atoms with E-state index in [1.54, 1.807) is 11.8 Å². The van der Waals surface area contributed by atoms with Crippen LogP contribution in [0.1, 0.15) is 32.6 Å². The Bertz CT molecular complexity index is 276. The zero-order valence-corrected chi connectivity index (χ0v) is 10.6. The zero-order chi connectivity index (χ0) is 12.2. The van der Waals surface area contributed by atoms with E-state index in [2.05, 4.69) is 5.32 Å². The van der Waals surface area contributed by atoms with Gasteiger partial charge in [0.2, 0.25) is 5.91 Å². The number of thioether (sulfide) groups is 1. The van der Waals surface area contributed by atoms with Gasteiger partial charge in [0.05, 0.1) is 5.41 Å². The first kappa shape index (κ1) is 13.4. The summed E-state index contributed by atoms with van der Waals surface area (Å²) < 4.78 is 0. The lowest BCUT2D eigenvalue weighted by molar-refractivity contribution is -0.157. The summed E-state index contributed by atoms with van der Waals surface area (Å²) >= 11 is 1.68. The molecule has 4 nitrogen and oxygen atoms in total. The van der Waals surface area contributed by atoms with Crippen molar-refractivity contribution in [1.82, 2.24) is 5.32 Å². The maximum atomic E-state index is 11.6. The van der Waals surface area contributed by atoms with Crippen molar-refractivity contribution in [3.8, 4) is 0 Å². The molecule has 0 aliphatic heterocycles. The minimum absolute atomic E-state index is 0.128. The summed E-state index contributed by atoms with van der Waals surface area (Å²) in [5.74, 6) is -0.963. The van der Waals surface area contributed by atoms with Gasteiger partial charge in [-0.2, -0.15) is 11.8 Å². The summed E-state index contributed by atoms with van der Waals surface area (Å²) in [6.07, 6.45) is 4.30. The third-order valence-corrected chi connectivity index (χ3v) is 4.22. The van der Waals surface area contributed by atoms with E-state index in [9.17, 15) is 9.59 Å². The van der Waals surface area contributed by atoms with E-state index in [1.807, 2.05) is 13.2 Å². The standard InChI is InChI=1S/C11H19NO3S/c1-8(16-2)7-12-9(13)6-11(10(14)15)4-3-5-11/h8H,3-7H2,1-2H3,(H,12,13)(H,14,15). The Labute approximate surface area is 100 Å². The van der Waals surface area contributed by atoms with Crippen LogP contribution in [0.4, 0.5) is 0 Å². The lowest BCUT2D eigenvalue weighted by Crippen LogP contribution is -2.43. The highest BCUT2D eigenvalue weighted by molar-refractivity contribution is 7.99. The number of aliphatic carboxylic acids is 1. The van der Waals surface area contributed by atoms with Gasteiger partial charge in [-0.1, -0.05) is 13.3 Å². The molecule has 1 atom stereocenters. The monoisotopic (exact) mass is 245 g/mol. The van der Waals surface area contributed by atoms with Crippen LogP contribution in [0.5, 0.6) is 0 Å². The molecule has 0 aromatic rings. The molecule has 0 spiro atoms. The predicted molar refractivity (Wildman–Crippen MR) is 64.5 cm³/mol. The lowest BCUT2D eigenvalue weighted by Gasteiger charge is -2.37. The van der Waals surface area contributed by atoms with Gasteiger partial charge in [0.25, 0.3) is 0 Å². The van der Waals surface area contributed by atoms with Crippen molar-refractivity contribution in [1.29, 1.82) is 0 Å². The van der Waals surface area contributed by atoms with E-state index >= 15 is 0 Å². The van der Waals surface area contributed by atoms with Crippen molar-refractivity contribution in [2.24, 2.45) is 5.41 Å². The van der Waals surface area contributed by atoms with Crippen molar-refractivity contribution in [3.63, 3.8) is 0 Å². The number of carbonyl (C=O) groups excluding carboxylic acids is 1. The predicted octanol–water partition coefficient (Wildman–Crippen LogP) is 1.50. The molecule has 1 aliphatic carbocycles. The average Bonchev–Trinajstić information content (AvgIpc) is 2.19. The maximum Gasteiger partial charge on any atom is 0.310 e. The maximum absolute atomic E-state index is 11.6. The van der Waals surface area contributed by atoms with E-state index in [-0.39, 0.29) is 12.3 Å². The van der Waals surface area contributed by atoms with Crippen LogP contribution >= 0.6 is 11.8 Å². The molecular weight excluding hydrogens is 226 g/mol. The van der Waals surface area contributed by atoms with Crippen LogP contribution in [-0.4, -0.2) is 35.0 Å². The van der Waals surface area contributed by atoms with Crippen molar-refractivity contribution in [2.75, 3.05) is 12.8 Å². The van der Waals surface area contributed by atoms with E-state index in [0.29, 0.717) is 24.6 Å². The fraction of sp³-hybridized carbons (Fsp3) is 0.818. The third kappa shape index (κ3) is 3.14. The van der Waals surface area contributed by atoms with E-state index < -0.39 is 11.4 Å². The summed E-state index contributed by atoms with van der Waals surface area (Å²) in [6.45, 7) is 2.64. The smallest absolute Gasteiger partial charge is 0.310 e. The molecule has 0 saturated heterocycles. The van der Waals surface area contributed by atoms with Crippen molar-refractivity contribution in [2.45, 2.75) is 37.9 Å². The molecule has 1 fully saturated rings. The first-order valence-electron chi connectivity index (χ1n) is 5.53. The highest BCUT2D eigenvalue weighted by atomic mass is 32.2. The highest BCUT2D eigenvalue weighted by Crippen LogP contribution is 2.44. The summed E-state index contributed by atoms with van der Waals surface area (Å²) in [6, 6.07) is 0. The molecule has 16 heavy (non-hydrogen) atoms. The van der Waals surface area contributed by atoms with E-state index in [1.165, 1.54) is 0 Å². The number of carbonyl (C=O) groups is 2. The van der Waals surface area contributed by atoms with Gasteiger partial charge in [0.1, 0.15) is 0 Å². The molecule has 2 N–H and O–H groups in total. The second-order valence-corrected chi connectivity index (χ2v) is 5.74. The molecule has 1 unspecified atom stereocenters. The summed E-state index contributed by atoms with van der Waals surface area (Å²) in [5.41, 5.74) is -0.771. The first-order valence-corrected chi connectivity index (χ1v) is 6.82. The van der Waals surface area contributed by atoms with Crippen molar-refractivity contribution in [3.05, 3.63) is 0 Å². The molecule has 1 amide bonds. The molecule has 0 aromatic heterocycles. The molecular formula is C11H19NO3S. The minimum atomic E-state index is -0.827. The van der Waals surface area contributed by atoms with Crippen molar-refractivity contribution < 1.29 is 14.7 Å². The van der Waals surface area contributed by atoms with Gasteiger partial charge in [0, 0.05) is 18.2 Å². The first-order chi connectivity index (χ1) is 7.50. The summed E-state index contributed by atoms with van der Waals surface area (Å²) in [5, 5.41) is 12.2. The van der Waals surface area contributed by atoms with Crippen LogP contribution in [0.15, 0.2) is 0 Å². The van der Waals surface area contributed by atoms with Crippen molar-refractivity contribution >= 4 is 23.6 Å².